The fourth-order valence-electron chi connectivity index (χ4n) is 3.02. The summed E-state index contributed by atoms with van der Waals surface area (Å²) in [5, 5.41) is 15.7. The van der Waals surface area contributed by atoms with Gasteiger partial charge < -0.3 is 15.2 Å². The number of thiophene rings is 1. The van der Waals surface area contributed by atoms with Gasteiger partial charge in [-0.2, -0.15) is 0 Å². The molecule has 0 aliphatic rings. The van der Waals surface area contributed by atoms with E-state index in [1.54, 1.807) is 6.07 Å². The van der Waals surface area contributed by atoms with Gasteiger partial charge in [-0.25, -0.2) is 9.78 Å². The van der Waals surface area contributed by atoms with Gasteiger partial charge in [0.1, 0.15) is 4.88 Å². The Kier molecular flexibility index (Phi) is 8.16. The number of carboxylic acid groups (broad SMARTS) is 1. The lowest BCUT2D eigenvalue weighted by Crippen LogP contribution is -2.10. The number of carboxylic acids is 1. The number of thiazole rings is 1. The van der Waals surface area contributed by atoms with Crippen molar-refractivity contribution in [3.63, 3.8) is 0 Å². The lowest BCUT2D eigenvalue weighted by atomic mass is 10.1. The first-order chi connectivity index (χ1) is 15.0. The van der Waals surface area contributed by atoms with Crippen LogP contribution in [-0.4, -0.2) is 29.1 Å². The van der Waals surface area contributed by atoms with Crippen LogP contribution in [0.25, 0.3) is 0 Å². The molecule has 7 nitrogen and oxygen atoms in total. The number of carbonyl (C=O) groups excluding carboxylic acids is 1. The normalized spacial score (nSPS) is 10.8. The second-order valence-corrected chi connectivity index (χ2v) is 9.03. The maximum atomic E-state index is 12.6. The monoisotopic (exact) mass is 459 g/mol. The van der Waals surface area contributed by atoms with Crippen LogP contribution in [-0.2, 0) is 24.3 Å². The summed E-state index contributed by atoms with van der Waals surface area (Å²) in [5.41, 5.74) is 2.71. The molecular formula is C22H25N3O4S2. The molecule has 0 saturated heterocycles. The van der Waals surface area contributed by atoms with Crippen LogP contribution in [0.5, 0.6) is 0 Å². The average Bonchev–Trinajstić information content (AvgIpc) is 3.39. The van der Waals surface area contributed by atoms with E-state index in [1.165, 1.54) is 24.0 Å². The zero-order chi connectivity index (χ0) is 22.2. The molecule has 0 atom stereocenters. The molecule has 1 aromatic carbocycles. The number of aromatic nitrogens is 1. The second kappa shape index (κ2) is 11.0. The number of hydrogen-bond donors (Lipinski definition) is 3. The Hall–Kier alpha value is -2.75. The molecule has 3 N–H and O–H groups in total. The third-order valence-electron chi connectivity index (χ3n) is 4.55. The Labute approximate surface area is 189 Å². The van der Waals surface area contributed by atoms with Crippen molar-refractivity contribution in [1.82, 2.24) is 4.98 Å². The van der Waals surface area contributed by atoms with E-state index in [0.717, 1.165) is 41.2 Å². The number of carbonyl (C=O) groups is 2. The summed E-state index contributed by atoms with van der Waals surface area (Å²) in [6.45, 7) is 2.88. The van der Waals surface area contributed by atoms with Crippen molar-refractivity contribution in [2.24, 2.45) is 0 Å². The molecule has 1 amide bonds. The van der Waals surface area contributed by atoms with E-state index >= 15 is 0 Å². The number of nitrogens with one attached hydrogen (secondary N) is 2. The van der Waals surface area contributed by atoms with Crippen LogP contribution in [0, 0.1) is 0 Å². The summed E-state index contributed by atoms with van der Waals surface area (Å²) in [7, 11) is 1.46. The van der Waals surface area contributed by atoms with E-state index in [-0.39, 0.29) is 22.5 Å². The van der Waals surface area contributed by atoms with Gasteiger partial charge in [-0.05, 0) is 36.6 Å². The van der Waals surface area contributed by atoms with E-state index in [0.29, 0.717) is 17.1 Å². The Balaban J connectivity index is 1.63. The number of unbranched alkanes of at least 4 members (excludes halogenated alkanes) is 1. The molecule has 3 aromatic rings. The SMILES string of the molecule is CCCCc1ccccc1NCc1ccc(C(=O)Nc2nc(COC)c(C(=O)O)s2)s1. The van der Waals surface area contributed by atoms with E-state index in [4.69, 9.17) is 4.74 Å². The standard InChI is InChI=1S/C22H25N3O4S2/c1-3-4-7-14-8-5-6-9-16(14)23-12-15-10-11-18(30-15)20(26)25-22-24-17(13-29-2)19(31-22)21(27)28/h5-6,8-11,23H,3-4,7,12-13H2,1-2H3,(H,27,28)(H,24,25,26). The quantitative estimate of drug-likeness (QED) is 0.362. The van der Waals surface area contributed by atoms with Crippen molar-refractivity contribution >= 4 is 45.4 Å². The van der Waals surface area contributed by atoms with Crippen molar-refractivity contribution < 1.29 is 19.4 Å². The van der Waals surface area contributed by atoms with E-state index in [9.17, 15) is 14.7 Å². The Morgan fingerprint density at radius 1 is 1.16 bits per heavy atom. The van der Waals surface area contributed by atoms with Gasteiger partial charge in [-0.3, -0.25) is 10.1 Å². The Morgan fingerprint density at radius 2 is 1.97 bits per heavy atom. The highest BCUT2D eigenvalue weighted by Gasteiger charge is 2.19. The number of methoxy groups -OCH3 is 1. The molecule has 2 heterocycles. The molecule has 0 radical (unpaired) electrons. The number of benzene rings is 1. The van der Waals surface area contributed by atoms with Crippen molar-refractivity contribution in [2.75, 3.05) is 17.7 Å². The maximum absolute atomic E-state index is 12.6. The molecule has 0 fully saturated rings. The summed E-state index contributed by atoms with van der Waals surface area (Å²) in [6, 6.07) is 12.0. The number of aryl methyl sites for hydroxylation is 1. The van der Waals surface area contributed by atoms with Crippen molar-refractivity contribution in [3.8, 4) is 0 Å². The third-order valence-corrected chi connectivity index (χ3v) is 6.63. The summed E-state index contributed by atoms with van der Waals surface area (Å²) < 4.78 is 4.98. The first kappa shape index (κ1) is 22.9. The van der Waals surface area contributed by atoms with Crippen molar-refractivity contribution in [2.45, 2.75) is 39.3 Å². The predicted octanol–water partition coefficient (Wildman–Crippen LogP) is 5.26. The van der Waals surface area contributed by atoms with Crippen molar-refractivity contribution in [3.05, 3.63) is 62.3 Å². The first-order valence-corrected chi connectivity index (χ1v) is 11.6. The second-order valence-electron chi connectivity index (χ2n) is 6.87. The number of hydrogen-bond acceptors (Lipinski definition) is 7. The average molecular weight is 460 g/mol. The Bertz CT molecular complexity index is 1050. The Morgan fingerprint density at radius 3 is 2.71 bits per heavy atom. The van der Waals surface area contributed by atoms with Gasteiger partial charge in [0.05, 0.1) is 17.2 Å². The number of anilines is 2. The number of aromatic carboxylic acids is 1. The molecule has 2 aromatic heterocycles. The van der Waals surface area contributed by atoms with Crippen LogP contribution >= 0.6 is 22.7 Å². The predicted molar refractivity (Wildman–Crippen MR) is 124 cm³/mol. The lowest BCUT2D eigenvalue weighted by Gasteiger charge is -2.11. The highest BCUT2D eigenvalue weighted by molar-refractivity contribution is 7.18. The van der Waals surface area contributed by atoms with Gasteiger partial charge in [0, 0.05) is 24.2 Å². The van der Waals surface area contributed by atoms with E-state index < -0.39 is 5.97 Å². The van der Waals surface area contributed by atoms with Gasteiger partial charge in [0.15, 0.2) is 5.13 Å². The highest BCUT2D eigenvalue weighted by Crippen LogP contribution is 2.26. The molecule has 9 heteroatoms. The maximum Gasteiger partial charge on any atom is 0.347 e. The van der Waals surface area contributed by atoms with Gasteiger partial charge in [0.25, 0.3) is 5.91 Å². The molecule has 0 bridgehead atoms. The zero-order valence-corrected chi connectivity index (χ0v) is 19.1. The highest BCUT2D eigenvalue weighted by atomic mass is 32.1. The van der Waals surface area contributed by atoms with E-state index in [1.807, 2.05) is 12.1 Å². The molecule has 3 rings (SSSR count). The van der Waals surface area contributed by atoms with Gasteiger partial charge in [-0.1, -0.05) is 42.9 Å². The minimum atomic E-state index is -1.09. The van der Waals surface area contributed by atoms with Crippen LogP contribution in [0.4, 0.5) is 10.8 Å². The number of para-hydroxylation sites is 1. The molecule has 0 aliphatic carbocycles. The van der Waals surface area contributed by atoms with Crippen molar-refractivity contribution in [1.29, 1.82) is 0 Å². The van der Waals surface area contributed by atoms with Gasteiger partial charge in [-0.15, -0.1) is 11.3 Å². The summed E-state index contributed by atoms with van der Waals surface area (Å²) in [4.78, 5) is 29.7. The number of ether oxygens (including phenoxy) is 1. The number of rotatable bonds is 11. The molecule has 0 spiro atoms. The molecule has 31 heavy (non-hydrogen) atoms. The number of amides is 1. The topological polar surface area (TPSA) is 101 Å². The zero-order valence-electron chi connectivity index (χ0n) is 17.4. The summed E-state index contributed by atoms with van der Waals surface area (Å²) in [5.74, 6) is -1.40. The molecule has 0 aliphatic heterocycles. The van der Waals surface area contributed by atoms with Crippen LogP contribution in [0.3, 0.4) is 0 Å². The van der Waals surface area contributed by atoms with Crippen LogP contribution in [0.2, 0.25) is 0 Å². The smallest absolute Gasteiger partial charge is 0.347 e. The molecule has 164 valence electrons. The van der Waals surface area contributed by atoms with E-state index in [2.05, 4.69) is 40.7 Å². The summed E-state index contributed by atoms with van der Waals surface area (Å²) in [6.07, 6.45) is 3.33. The van der Waals surface area contributed by atoms with Crippen LogP contribution in [0.15, 0.2) is 36.4 Å². The minimum absolute atomic E-state index is 0.0648. The fraction of sp³-hybridized carbons (Fsp3) is 0.318. The first-order valence-electron chi connectivity index (χ1n) is 9.95. The molecule has 0 saturated carbocycles. The largest absolute Gasteiger partial charge is 0.477 e. The van der Waals surface area contributed by atoms with Crippen LogP contribution in [0.1, 0.15) is 55.2 Å². The third kappa shape index (κ3) is 6.13. The van der Waals surface area contributed by atoms with Gasteiger partial charge in [0.2, 0.25) is 0 Å². The summed E-state index contributed by atoms with van der Waals surface area (Å²) >= 11 is 2.31. The lowest BCUT2D eigenvalue weighted by molar-refractivity contribution is 0.0696. The minimum Gasteiger partial charge on any atom is -0.477 e. The number of nitrogens with zero attached hydrogens (tertiary/aromatic N) is 1. The molecule has 0 unspecified atom stereocenters. The fourth-order valence-corrected chi connectivity index (χ4v) is 4.67. The molecular weight excluding hydrogens is 434 g/mol. The van der Waals surface area contributed by atoms with Crippen LogP contribution < -0.4 is 10.6 Å². The van der Waals surface area contributed by atoms with Gasteiger partial charge >= 0.3 is 5.97 Å².